The average molecular weight is 245 g/mol. The number of nitro groups is 1. The molecule has 8 heteroatoms. The topological polar surface area (TPSA) is 98.3 Å². The van der Waals surface area contributed by atoms with Crippen molar-refractivity contribution in [3.8, 4) is 0 Å². The van der Waals surface area contributed by atoms with Crippen LogP contribution < -0.4 is 11.1 Å². The second-order valence-corrected chi connectivity index (χ2v) is 3.32. The van der Waals surface area contributed by atoms with Crippen molar-refractivity contribution in [2.45, 2.75) is 13.0 Å². The van der Waals surface area contributed by atoms with Gasteiger partial charge in [-0.15, -0.1) is 0 Å². The molecule has 0 aliphatic rings. The van der Waals surface area contributed by atoms with Crippen molar-refractivity contribution in [2.75, 3.05) is 5.32 Å². The molecule has 0 fully saturated rings. The van der Waals surface area contributed by atoms with Gasteiger partial charge in [-0.1, -0.05) is 0 Å². The molecule has 92 valence electrons. The number of nitro benzene ring substituents is 1. The molecule has 0 aromatic heterocycles. The van der Waals surface area contributed by atoms with E-state index in [1.165, 1.54) is 6.92 Å². The molecule has 1 aromatic carbocycles. The molecule has 1 amide bonds. The number of carbonyl (C=O) groups is 1. The Balaban J connectivity index is 3.12. The van der Waals surface area contributed by atoms with Crippen molar-refractivity contribution in [3.05, 3.63) is 33.9 Å². The van der Waals surface area contributed by atoms with E-state index in [-0.39, 0.29) is 0 Å². The number of benzene rings is 1. The Morgan fingerprint density at radius 2 is 2.06 bits per heavy atom. The summed E-state index contributed by atoms with van der Waals surface area (Å²) in [7, 11) is 0. The van der Waals surface area contributed by atoms with Crippen molar-refractivity contribution >= 4 is 17.3 Å². The summed E-state index contributed by atoms with van der Waals surface area (Å²) in [4.78, 5) is 20.6. The molecule has 0 spiro atoms. The van der Waals surface area contributed by atoms with E-state index in [1.807, 2.05) is 5.32 Å². The Bertz CT molecular complexity index is 477. The Morgan fingerprint density at radius 1 is 1.47 bits per heavy atom. The Morgan fingerprint density at radius 3 is 2.53 bits per heavy atom. The van der Waals surface area contributed by atoms with Crippen molar-refractivity contribution in [2.24, 2.45) is 5.73 Å². The number of hydrogen-bond donors (Lipinski definition) is 2. The number of nitrogens with two attached hydrogens (primary N) is 1. The van der Waals surface area contributed by atoms with E-state index in [4.69, 9.17) is 5.73 Å². The van der Waals surface area contributed by atoms with E-state index < -0.39 is 39.9 Å². The van der Waals surface area contributed by atoms with Crippen molar-refractivity contribution < 1.29 is 18.5 Å². The number of carbonyl (C=O) groups excluding carboxylic acids is 1. The van der Waals surface area contributed by atoms with Crippen LogP contribution in [0.1, 0.15) is 6.92 Å². The zero-order valence-corrected chi connectivity index (χ0v) is 8.74. The van der Waals surface area contributed by atoms with Gasteiger partial charge < -0.3 is 11.1 Å². The maximum Gasteiger partial charge on any atom is 0.307 e. The highest BCUT2D eigenvalue weighted by Gasteiger charge is 2.20. The van der Waals surface area contributed by atoms with E-state index in [2.05, 4.69) is 0 Å². The van der Waals surface area contributed by atoms with Gasteiger partial charge in [0, 0.05) is 12.1 Å². The molecule has 1 atom stereocenters. The van der Waals surface area contributed by atoms with Crippen LogP contribution in [-0.4, -0.2) is 16.9 Å². The Kier molecular flexibility index (Phi) is 3.69. The predicted molar refractivity (Wildman–Crippen MR) is 55.3 cm³/mol. The van der Waals surface area contributed by atoms with Crippen LogP contribution in [0.2, 0.25) is 0 Å². The molecule has 6 nitrogen and oxygen atoms in total. The third-order valence-electron chi connectivity index (χ3n) is 1.90. The fraction of sp³-hybridized carbons (Fsp3) is 0.222. The van der Waals surface area contributed by atoms with Gasteiger partial charge in [0.05, 0.1) is 16.7 Å². The standard InChI is InChI=1S/C9H9F2N3O3/c1-4(12)9(15)13-7-3-8(14(16)17)6(11)2-5(7)10/h2-4H,12H2,1H3,(H,13,15). The van der Waals surface area contributed by atoms with Gasteiger partial charge in [-0.05, 0) is 6.92 Å². The highest BCUT2D eigenvalue weighted by atomic mass is 19.1. The lowest BCUT2D eigenvalue weighted by atomic mass is 10.2. The molecule has 1 rings (SSSR count). The number of anilines is 1. The quantitative estimate of drug-likeness (QED) is 0.616. The van der Waals surface area contributed by atoms with Gasteiger partial charge in [-0.3, -0.25) is 14.9 Å². The first-order valence-electron chi connectivity index (χ1n) is 4.52. The summed E-state index contributed by atoms with van der Waals surface area (Å²) in [5, 5.41) is 12.4. The van der Waals surface area contributed by atoms with E-state index in [9.17, 15) is 23.7 Å². The fourth-order valence-electron chi connectivity index (χ4n) is 1.02. The lowest BCUT2D eigenvalue weighted by Gasteiger charge is -2.08. The highest BCUT2D eigenvalue weighted by Crippen LogP contribution is 2.25. The maximum absolute atomic E-state index is 13.2. The summed E-state index contributed by atoms with van der Waals surface area (Å²) < 4.78 is 26.2. The SMILES string of the molecule is CC(N)C(=O)Nc1cc([N+](=O)[O-])c(F)cc1F. The second kappa shape index (κ2) is 4.83. The highest BCUT2D eigenvalue weighted by molar-refractivity contribution is 5.94. The van der Waals surface area contributed by atoms with Gasteiger partial charge in [0.25, 0.3) is 0 Å². The van der Waals surface area contributed by atoms with E-state index in [0.29, 0.717) is 12.1 Å². The summed E-state index contributed by atoms with van der Waals surface area (Å²) in [5.41, 5.74) is 3.81. The number of rotatable bonds is 3. The summed E-state index contributed by atoms with van der Waals surface area (Å²) in [6.45, 7) is 1.35. The number of halogens is 2. The van der Waals surface area contributed by atoms with Gasteiger partial charge in [-0.2, -0.15) is 4.39 Å². The predicted octanol–water partition coefficient (Wildman–Crippen LogP) is 1.16. The smallest absolute Gasteiger partial charge is 0.307 e. The van der Waals surface area contributed by atoms with Crippen LogP contribution in [0, 0.1) is 21.7 Å². The lowest BCUT2D eigenvalue weighted by molar-refractivity contribution is -0.387. The molecule has 0 saturated heterocycles. The van der Waals surface area contributed by atoms with E-state index in [1.54, 1.807) is 0 Å². The number of amides is 1. The monoisotopic (exact) mass is 245 g/mol. The molecule has 0 heterocycles. The first-order valence-corrected chi connectivity index (χ1v) is 4.52. The van der Waals surface area contributed by atoms with Crippen LogP contribution in [0.4, 0.5) is 20.2 Å². The fourth-order valence-corrected chi connectivity index (χ4v) is 1.02. The Hall–Kier alpha value is -2.09. The molecule has 0 aliphatic carbocycles. The minimum Gasteiger partial charge on any atom is -0.322 e. The third kappa shape index (κ3) is 2.94. The van der Waals surface area contributed by atoms with Crippen LogP contribution in [-0.2, 0) is 4.79 Å². The van der Waals surface area contributed by atoms with Crippen molar-refractivity contribution in [1.82, 2.24) is 0 Å². The van der Waals surface area contributed by atoms with Crippen molar-refractivity contribution in [3.63, 3.8) is 0 Å². The summed E-state index contributed by atoms with van der Waals surface area (Å²) in [6, 6.07) is 0.0124. The van der Waals surface area contributed by atoms with Gasteiger partial charge >= 0.3 is 5.69 Å². The maximum atomic E-state index is 13.2. The zero-order valence-electron chi connectivity index (χ0n) is 8.74. The summed E-state index contributed by atoms with van der Waals surface area (Å²) in [6.07, 6.45) is 0. The molecule has 3 N–H and O–H groups in total. The second-order valence-electron chi connectivity index (χ2n) is 3.32. The third-order valence-corrected chi connectivity index (χ3v) is 1.90. The molecular formula is C9H9F2N3O3. The van der Waals surface area contributed by atoms with Crippen LogP contribution in [0.3, 0.4) is 0 Å². The average Bonchev–Trinajstić information content (AvgIpc) is 2.21. The molecule has 1 aromatic rings. The van der Waals surface area contributed by atoms with Gasteiger partial charge in [-0.25, -0.2) is 4.39 Å². The van der Waals surface area contributed by atoms with Gasteiger partial charge in [0.15, 0.2) is 0 Å². The normalized spacial score (nSPS) is 12.0. The molecule has 0 saturated carbocycles. The Labute approximate surface area is 94.6 Å². The number of hydrogen-bond acceptors (Lipinski definition) is 4. The summed E-state index contributed by atoms with van der Waals surface area (Å²) in [5.74, 6) is -3.15. The number of nitrogens with zero attached hydrogens (tertiary/aromatic N) is 1. The molecule has 0 bridgehead atoms. The van der Waals surface area contributed by atoms with Gasteiger partial charge in [0.1, 0.15) is 5.82 Å². The number of nitrogens with one attached hydrogen (secondary N) is 1. The van der Waals surface area contributed by atoms with Crippen LogP contribution >= 0.6 is 0 Å². The van der Waals surface area contributed by atoms with Gasteiger partial charge in [0.2, 0.25) is 11.7 Å². The lowest BCUT2D eigenvalue weighted by Crippen LogP contribution is -2.32. The van der Waals surface area contributed by atoms with Crippen LogP contribution in [0.5, 0.6) is 0 Å². The first kappa shape index (κ1) is 13.0. The molecule has 1 unspecified atom stereocenters. The summed E-state index contributed by atoms with van der Waals surface area (Å²) >= 11 is 0. The van der Waals surface area contributed by atoms with Crippen molar-refractivity contribution in [1.29, 1.82) is 0 Å². The minimum absolute atomic E-state index is 0.328. The first-order chi connectivity index (χ1) is 7.82. The zero-order chi connectivity index (χ0) is 13.2. The van der Waals surface area contributed by atoms with E-state index >= 15 is 0 Å². The largest absolute Gasteiger partial charge is 0.322 e. The minimum atomic E-state index is -1.31. The van der Waals surface area contributed by atoms with E-state index in [0.717, 1.165) is 0 Å². The van der Waals surface area contributed by atoms with Crippen LogP contribution in [0.25, 0.3) is 0 Å². The van der Waals surface area contributed by atoms with Crippen LogP contribution in [0.15, 0.2) is 12.1 Å². The molecular weight excluding hydrogens is 236 g/mol. The molecule has 0 radical (unpaired) electrons. The molecule has 17 heavy (non-hydrogen) atoms. The molecule has 0 aliphatic heterocycles.